The number of carbonyl (C=O) groups excluding carboxylic acids is 3. The average molecular weight is 386 g/mol. The van der Waals surface area contributed by atoms with Crippen molar-refractivity contribution in [3.05, 3.63) is 77.5 Å². The van der Waals surface area contributed by atoms with Gasteiger partial charge in [-0.3, -0.25) is 19.3 Å². The lowest BCUT2D eigenvalue weighted by molar-refractivity contribution is -0.142. The number of imide groups is 1. The molecule has 2 saturated heterocycles. The first-order chi connectivity index (χ1) is 14.1. The van der Waals surface area contributed by atoms with Crippen molar-refractivity contribution in [1.82, 2.24) is 9.80 Å². The quantitative estimate of drug-likeness (QED) is 0.759. The standard InChI is InChI=1S/C24H22N2O3/c1-15(27)21-19-20(22-18-10-6-5-9-17(18)12-14-25(21)22)24(29)26(23(19)28)13-11-16-7-3-2-4-8-16/h2-10,12,14,19-22H,11,13H2,1H3/t19-,20+,21-,22?/m1/s1. The molecule has 0 aromatic heterocycles. The van der Waals surface area contributed by atoms with Crippen LogP contribution in [0.15, 0.2) is 60.8 Å². The largest absolute Gasteiger partial charge is 0.359 e. The molecule has 0 spiro atoms. The summed E-state index contributed by atoms with van der Waals surface area (Å²) in [5.74, 6) is -1.57. The summed E-state index contributed by atoms with van der Waals surface area (Å²) < 4.78 is 0. The summed E-state index contributed by atoms with van der Waals surface area (Å²) in [6.45, 7) is 1.87. The molecule has 5 rings (SSSR count). The molecule has 2 amide bonds. The van der Waals surface area contributed by atoms with Gasteiger partial charge in [0.05, 0.1) is 23.9 Å². The monoisotopic (exact) mass is 386 g/mol. The summed E-state index contributed by atoms with van der Waals surface area (Å²) in [5, 5.41) is 0. The molecule has 2 aromatic carbocycles. The fourth-order valence-electron chi connectivity index (χ4n) is 5.19. The molecule has 0 saturated carbocycles. The van der Waals surface area contributed by atoms with E-state index >= 15 is 0 Å². The van der Waals surface area contributed by atoms with E-state index in [4.69, 9.17) is 0 Å². The van der Waals surface area contributed by atoms with Crippen LogP contribution in [0.5, 0.6) is 0 Å². The second-order valence-electron chi connectivity index (χ2n) is 8.01. The third kappa shape index (κ3) is 2.64. The van der Waals surface area contributed by atoms with Crippen molar-refractivity contribution in [1.29, 1.82) is 0 Å². The maximum absolute atomic E-state index is 13.4. The van der Waals surface area contributed by atoms with E-state index in [-0.39, 0.29) is 23.6 Å². The molecule has 5 nitrogen and oxygen atoms in total. The number of hydrogen-bond acceptors (Lipinski definition) is 4. The van der Waals surface area contributed by atoms with Crippen LogP contribution in [0.4, 0.5) is 0 Å². The average Bonchev–Trinajstić information content (AvgIpc) is 3.21. The number of fused-ring (bicyclic) bond motifs is 5. The van der Waals surface area contributed by atoms with E-state index in [1.807, 2.05) is 71.8 Å². The highest BCUT2D eigenvalue weighted by atomic mass is 16.2. The van der Waals surface area contributed by atoms with Gasteiger partial charge < -0.3 is 4.90 Å². The predicted octanol–water partition coefficient (Wildman–Crippen LogP) is 2.83. The lowest BCUT2D eigenvalue weighted by Gasteiger charge is -2.35. The third-order valence-corrected chi connectivity index (χ3v) is 6.44. The molecule has 2 fully saturated rings. The first-order valence-corrected chi connectivity index (χ1v) is 10.0. The Labute approximate surface area is 169 Å². The van der Waals surface area contributed by atoms with Gasteiger partial charge in [0.25, 0.3) is 0 Å². The molecule has 1 unspecified atom stereocenters. The Morgan fingerprint density at radius 1 is 0.931 bits per heavy atom. The molecular weight excluding hydrogens is 364 g/mol. The van der Waals surface area contributed by atoms with Crippen molar-refractivity contribution in [3.63, 3.8) is 0 Å². The highest BCUT2D eigenvalue weighted by Gasteiger charge is 2.63. The van der Waals surface area contributed by atoms with E-state index in [0.717, 1.165) is 16.7 Å². The Morgan fingerprint density at radius 2 is 1.62 bits per heavy atom. The van der Waals surface area contributed by atoms with E-state index in [1.54, 1.807) is 0 Å². The molecule has 4 atom stereocenters. The van der Waals surface area contributed by atoms with E-state index in [1.165, 1.54) is 11.8 Å². The molecular formula is C24H22N2O3. The van der Waals surface area contributed by atoms with Gasteiger partial charge in [0.2, 0.25) is 11.8 Å². The molecule has 3 aliphatic heterocycles. The minimum absolute atomic E-state index is 0.0717. The van der Waals surface area contributed by atoms with Crippen molar-refractivity contribution >= 4 is 23.7 Å². The Hall–Kier alpha value is -3.21. The van der Waals surface area contributed by atoms with Gasteiger partial charge in [0.1, 0.15) is 0 Å². The summed E-state index contributed by atoms with van der Waals surface area (Å²) in [7, 11) is 0. The molecule has 0 bridgehead atoms. The van der Waals surface area contributed by atoms with Gasteiger partial charge in [-0.05, 0) is 36.1 Å². The normalized spacial score (nSPS) is 27.1. The van der Waals surface area contributed by atoms with Crippen LogP contribution in [-0.2, 0) is 20.8 Å². The molecule has 0 aliphatic carbocycles. The molecule has 0 N–H and O–H groups in total. The van der Waals surface area contributed by atoms with Crippen LogP contribution < -0.4 is 0 Å². The van der Waals surface area contributed by atoms with E-state index in [2.05, 4.69) is 0 Å². The second kappa shape index (κ2) is 6.69. The Bertz CT molecular complexity index is 1030. The number of hydrogen-bond donors (Lipinski definition) is 0. The van der Waals surface area contributed by atoms with Crippen LogP contribution in [0.25, 0.3) is 6.08 Å². The van der Waals surface area contributed by atoms with Gasteiger partial charge in [0.15, 0.2) is 5.78 Å². The zero-order valence-corrected chi connectivity index (χ0v) is 16.2. The topological polar surface area (TPSA) is 57.7 Å². The highest BCUT2D eigenvalue weighted by Crippen LogP contribution is 2.52. The van der Waals surface area contributed by atoms with E-state index < -0.39 is 17.9 Å². The summed E-state index contributed by atoms with van der Waals surface area (Å²) in [5.41, 5.74) is 3.14. The van der Waals surface area contributed by atoms with Gasteiger partial charge in [-0.15, -0.1) is 0 Å². The number of amides is 2. The number of likely N-dealkylation sites (tertiary alicyclic amines) is 1. The Balaban J connectivity index is 1.50. The summed E-state index contributed by atoms with van der Waals surface area (Å²) in [6, 6.07) is 16.9. The summed E-state index contributed by atoms with van der Waals surface area (Å²) in [4.78, 5) is 42.5. The van der Waals surface area contributed by atoms with Gasteiger partial charge in [-0.1, -0.05) is 54.6 Å². The van der Waals surface area contributed by atoms with Gasteiger partial charge >= 0.3 is 0 Å². The van der Waals surface area contributed by atoms with Crippen molar-refractivity contribution in [2.45, 2.75) is 25.4 Å². The molecule has 2 aromatic rings. The van der Waals surface area contributed by atoms with E-state index in [9.17, 15) is 14.4 Å². The SMILES string of the molecule is CC(=O)[C@@H]1[C@@H]2C(=O)N(CCc3ccccc3)C(=O)[C@@H]2C2c3ccccc3C=CN21. The first-order valence-electron chi connectivity index (χ1n) is 10.0. The molecule has 5 heteroatoms. The number of rotatable bonds is 4. The van der Waals surface area contributed by atoms with Gasteiger partial charge in [0, 0.05) is 12.7 Å². The van der Waals surface area contributed by atoms with Crippen LogP contribution in [0.1, 0.15) is 29.7 Å². The lowest BCUT2D eigenvalue weighted by Crippen LogP contribution is -2.43. The van der Waals surface area contributed by atoms with Crippen LogP contribution in [0, 0.1) is 11.8 Å². The Kier molecular flexibility index (Phi) is 4.12. The van der Waals surface area contributed by atoms with Crippen LogP contribution in [0.2, 0.25) is 0 Å². The predicted molar refractivity (Wildman–Crippen MR) is 108 cm³/mol. The summed E-state index contributed by atoms with van der Waals surface area (Å²) >= 11 is 0. The van der Waals surface area contributed by atoms with Crippen molar-refractivity contribution in [2.24, 2.45) is 11.8 Å². The maximum Gasteiger partial charge on any atom is 0.235 e. The first kappa shape index (κ1) is 17.9. The van der Waals surface area contributed by atoms with E-state index in [0.29, 0.717) is 13.0 Å². The lowest BCUT2D eigenvalue weighted by atomic mass is 9.84. The third-order valence-electron chi connectivity index (χ3n) is 6.44. The van der Waals surface area contributed by atoms with Gasteiger partial charge in [-0.2, -0.15) is 0 Å². The molecule has 0 radical (unpaired) electrons. The zero-order valence-electron chi connectivity index (χ0n) is 16.2. The number of ketones is 1. The van der Waals surface area contributed by atoms with Crippen LogP contribution in [-0.4, -0.2) is 40.0 Å². The second-order valence-corrected chi connectivity index (χ2v) is 8.01. The number of benzene rings is 2. The fraction of sp³-hybridized carbons (Fsp3) is 0.292. The summed E-state index contributed by atoms with van der Waals surface area (Å²) in [6.07, 6.45) is 4.46. The molecule has 146 valence electrons. The smallest absolute Gasteiger partial charge is 0.235 e. The van der Waals surface area contributed by atoms with Crippen LogP contribution in [0.3, 0.4) is 0 Å². The zero-order chi connectivity index (χ0) is 20.1. The maximum atomic E-state index is 13.4. The minimum Gasteiger partial charge on any atom is -0.359 e. The Morgan fingerprint density at radius 3 is 2.38 bits per heavy atom. The molecule has 29 heavy (non-hydrogen) atoms. The van der Waals surface area contributed by atoms with Crippen LogP contribution >= 0.6 is 0 Å². The molecule has 3 aliphatic rings. The van der Waals surface area contributed by atoms with Crippen molar-refractivity contribution < 1.29 is 14.4 Å². The molecule has 3 heterocycles. The number of Topliss-reactive ketones (excluding diaryl/α,β-unsaturated/α-hetero) is 1. The minimum atomic E-state index is -0.614. The van der Waals surface area contributed by atoms with Gasteiger partial charge in [-0.25, -0.2) is 0 Å². The highest BCUT2D eigenvalue weighted by molar-refractivity contribution is 6.09. The number of carbonyl (C=O) groups is 3. The fourth-order valence-corrected chi connectivity index (χ4v) is 5.19. The number of nitrogens with zero attached hydrogens (tertiary/aromatic N) is 2. The van der Waals surface area contributed by atoms with Crippen molar-refractivity contribution in [3.8, 4) is 0 Å². The van der Waals surface area contributed by atoms with Crippen molar-refractivity contribution in [2.75, 3.05) is 6.54 Å².